The minimum atomic E-state index is 0.533. The van der Waals surface area contributed by atoms with Gasteiger partial charge in [-0.1, -0.05) is 25.1 Å². The maximum atomic E-state index is 4.60. The van der Waals surface area contributed by atoms with Gasteiger partial charge in [0.05, 0.1) is 6.20 Å². The van der Waals surface area contributed by atoms with Crippen LogP contribution in [0, 0.1) is 5.92 Å². The van der Waals surface area contributed by atoms with E-state index in [1.54, 1.807) is 0 Å². The first kappa shape index (κ1) is 17.4. The van der Waals surface area contributed by atoms with Crippen LogP contribution in [-0.4, -0.2) is 39.2 Å². The topological polar surface area (TPSA) is 56.8 Å². The van der Waals surface area contributed by atoms with Crippen LogP contribution >= 0.6 is 0 Å². The lowest BCUT2D eigenvalue weighted by atomic mass is 9.87. The molecule has 5 nitrogen and oxygen atoms in total. The van der Waals surface area contributed by atoms with Crippen molar-refractivity contribution >= 4 is 16.6 Å². The molecular weight excluding hydrogens is 346 g/mol. The van der Waals surface area contributed by atoms with Crippen LogP contribution in [0.1, 0.15) is 32.1 Å². The first-order valence-corrected chi connectivity index (χ1v) is 10.3. The fourth-order valence-corrected chi connectivity index (χ4v) is 4.43. The van der Waals surface area contributed by atoms with Crippen LogP contribution in [0.2, 0.25) is 0 Å². The van der Waals surface area contributed by atoms with Crippen molar-refractivity contribution in [3.63, 3.8) is 0 Å². The lowest BCUT2D eigenvalue weighted by Gasteiger charge is -2.42. The smallest absolute Gasteiger partial charge is 0.130 e. The van der Waals surface area contributed by atoms with Crippen LogP contribution in [0.25, 0.3) is 21.9 Å². The summed E-state index contributed by atoms with van der Waals surface area (Å²) in [5, 5.41) is 12.7. The van der Waals surface area contributed by atoms with E-state index in [0.717, 1.165) is 34.1 Å². The van der Waals surface area contributed by atoms with Crippen molar-refractivity contribution in [3.05, 3.63) is 55.1 Å². The van der Waals surface area contributed by atoms with Crippen LogP contribution in [0.4, 0.5) is 5.82 Å². The van der Waals surface area contributed by atoms with E-state index >= 15 is 0 Å². The van der Waals surface area contributed by atoms with Gasteiger partial charge in [0.15, 0.2) is 0 Å². The van der Waals surface area contributed by atoms with Gasteiger partial charge in [-0.05, 0) is 61.9 Å². The molecule has 2 aliphatic rings. The number of aromatic nitrogens is 3. The number of benzene rings is 1. The van der Waals surface area contributed by atoms with E-state index in [-0.39, 0.29) is 0 Å². The number of piperidine rings is 1. The number of hydrogen-bond donors (Lipinski definition) is 2. The highest BCUT2D eigenvalue weighted by molar-refractivity contribution is 5.88. The molecule has 2 fully saturated rings. The number of aromatic amines is 1. The molecule has 0 radical (unpaired) electrons. The third-order valence-electron chi connectivity index (χ3n) is 6.46. The quantitative estimate of drug-likeness (QED) is 0.673. The van der Waals surface area contributed by atoms with Gasteiger partial charge < -0.3 is 10.2 Å². The van der Waals surface area contributed by atoms with Crippen molar-refractivity contribution in [2.75, 3.05) is 18.4 Å². The Kier molecular flexibility index (Phi) is 4.61. The van der Waals surface area contributed by atoms with Crippen LogP contribution in [-0.2, 0) is 0 Å². The molecule has 0 unspecified atom stereocenters. The molecule has 1 aliphatic carbocycles. The van der Waals surface area contributed by atoms with Crippen molar-refractivity contribution in [3.8, 4) is 11.1 Å². The Labute approximate surface area is 165 Å². The van der Waals surface area contributed by atoms with Crippen LogP contribution in [0.3, 0.4) is 0 Å². The summed E-state index contributed by atoms with van der Waals surface area (Å²) in [6.45, 7) is 6.74. The standard InChI is InChI=1S/C23H27N5/c1-16(17-7-9-28(10-8-17)22-3-2-4-22)27-23-12-20-11-18(21-14-25-26-15-21)5-6-19(20)13-24-23/h5-6,11-15,17,22H,1-4,7-10H2,(H,24,27)(H,25,26). The van der Waals surface area contributed by atoms with Gasteiger partial charge in [0, 0.05) is 41.0 Å². The van der Waals surface area contributed by atoms with Gasteiger partial charge in [0.25, 0.3) is 0 Å². The van der Waals surface area contributed by atoms with Gasteiger partial charge in [0.1, 0.15) is 5.82 Å². The molecule has 0 spiro atoms. The van der Waals surface area contributed by atoms with Crippen molar-refractivity contribution in [2.24, 2.45) is 5.92 Å². The fraction of sp³-hybridized carbons (Fsp3) is 0.391. The maximum absolute atomic E-state index is 4.60. The first-order valence-electron chi connectivity index (χ1n) is 10.3. The van der Waals surface area contributed by atoms with E-state index < -0.39 is 0 Å². The number of pyridine rings is 1. The zero-order chi connectivity index (χ0) is 18.9. The predicted molar refractivity (Wildman–Crippen MR) is 114 cm³/mol. The van der Waals surface area contributed by atoms with Gasteiger partial charge in [-0.15, -0.1) is 0 Å². The molecular formula is C23H27N5. The number of H-pyrrole nitrogens is 1. The monoisotopic (exact) mass is 373 g/mol. The number of likely N-dealkylation sites (tertiary alicyclic amines) is 1. The zero-order valence-electron chi connectivity index (χ0n) is 16.2. The minimum absolute atomic E-state index is 0.533. The van der Waals surface area contributed by atoms with Crippen LogP contribution in [0.5, 0.6) is 0 Å². The average Bonchev–Trinajstić information content (AvgIpc) is 3.21. The molecule has 144 valence electrons. The summed E-state index contributed by atoms with van der Waals surface area (Å²) >= 11 is 0. The summed E-state index contributed by atoms with van der Waals surface area (Å²) in [5.41, 5.74) is 3.35. The Morgan fingerprint density at radius 2 is 1.89 bits per heavy atom. The van der Waals surface area contributed by atoms with Gasteiger partial charge in [-0.3, -0.25) is 5.10 Å². The van der Waals surface area contributed by atoms with Crippen molar-refractivity contribution in [1.82, 2.24) is 20.1 Å². The predicted octanol–water partition coefficient (Wildman–Crippen LogP) is 4.82. The molecule has 0 amide bonds. The van der Waals surface area contributed by atoms with E-state index in [1.807, 2.05) is 18.6 Å². The Bertz CT molecular complexity index is 966. The minimum Gasteiger partial charge on any atom is -0.344 e. The highest BCUT2D eigenvalue weighted by atomic mass is 15.2. The molecule has 5 rings (SSSR count). The second-order valence-corrected chi connectivity index (χ2v) is 8.16. The Morgan fingerprint density at radius 3 is 2.61 bits per heavy atom. The van der Waals surface area contributed by atoms with E-state index in [4.69, 9.17) is 0 Å². The van der Waals surface area contributed by atoms with E-state index in [1.165, 1.54) is 50.6 Å². The van der Waals surface area contributed by atoms with Crippen molar-refractivity contribution < 1.29 is 0 Å². The third kappa shape index (κ3) is 3.42. The summed E-state index contributed by atoms with van der Waals surface area (Å²) in [7, 11) is 0. The maximum Gasteiger partial charge on any atom is 0.130 e. The molecule has 0 atom stereocenters. The van der Waals surface area contributed by atoms with E-state index in [9.17, 15) is 0 Å². The molecule has 5 heteroatoms. The molecule has 1 aliphatic heterocycles. The molecule has 28 heavy (non-hydrogen) atoms. The molecule has 3 aromatic rings. The fourth-order valence-electron chi connectivity index (χ4n) is 4.43. The average molecular weight is 374 g/mol. The zero-order valence-corrected chi connectivity index (χ0v) is 16.2. The number of allylic oxidation sites excluding steroid dienone is 1. The van der Waals surface area contributed by atoms with Crippen LogP contribution in [0.15, 0.2) is 55.1 Å². The van der Waals surface area contributed by atoms with Crippen molar-refractivity contribution in [1.29, 1.82) is 0 Å². The highest BCUT2D eigenvalue weighted by Crippen LogP contribution is 2.32. The second-order valence-electron chi connectivity index (χ2n) is 8.16. The summed E-state index contributed by atoms with van der Waals surface area (Å²) in [6, 6.07) is 9.38. The SMILES string of the molecule is C=C(Nc1cc2cc(-c3cn[nH]c3)ccc2cn1)C1CCN(C2CCC2)CC1. The van der Waals surface area contributed by atoms with E-state index in [0.29, 0.717) is 5.92 Å². The lowest BCUT2D eigenvalue weighted by molar-refractivity contribution is 0.0914. The summed E-state index contributed by atoms with van der Waals surface area (Å²) in [4.78, 5) is 7.28. The summed E-state index contributed by atoms with van der Waals surface area (Å²) < 4.78 is 0. The number of anilines is 1. The van der Waals surface area contributed by atoms with Gasteiger partial charge >= 0.3 is 0 Å². The first-order chi connectivity index (χ1) is 13.8. The Hall–Kier alpha value is -2.66. The van der Waals surface area contributed by atoms with Gasteiger partial charge in [-0.2, -0.15) is 5.10 Å². The van der Waals surface area contributed by atoms with Gasteiger partial charge in [0.2, 0.25) is 0 Å². The molecule has 1 saturated heterocycles. The number of nitrogens with one attached hydrogen (secondary N) is 2. The number of nitrogens with zero attached hydrogens (tertiary/aromatic N) is 3. The highest BCUT2D eigenvalue weighted by Gasteiger charge is 2.29. The Morgan fingerprint density at radius 1 is 1.04 bits per heavy atom. The molecule has 2 N–H and O–H groups in total. The molecule has 3 heterocycles. The normalized spacial score (nSPS) is 18.9. The molecule has 0 bridgehead atoms. The number of fused-ring (bicyclic) bond motifs is 1. The summed E-state index contributed by atoms with van der Waals surface area (Å²) in [5.74, 6) is 1.41. The van der Waals surface area contributed by atoms with Crippen LogP contribution < -0.4 is 5.32 Å². The molecule has 1 aromatic carbocycles. The third-order valence-corrected chi connectivity index (χ3v) is 6.46. The molecule has 1 saturated carbocycles. The Balaban J connectivity index is 1.27. The van der Waals surface area contributed by atoms with Gasteiger partial charge in [-0.25, -0.2) is 4.98 Å². The number of rotatable bonds is 5. The van der Waals surface area contributed by atoms with E-state index in [2.05, 4.69) is 56.2 Å². The van der Waals surface area contributed by atoms with Crippen molar-refractivity contribution in [2.45, 2.75) is 38.1 Å². The number of hydrogen-bond acceptors (Lipinski definition) is 4. The lowest BCUT2D eigenvalue weighted by Crippen LogP contribution is -2.45. The largest absolute Gasteiger partial charge is 0.344 e. The second kappa shape index (κ2) is 7.40. The summed E-state index contributed by atoms with van der Waals surface area (Å²) in [6.07, 6.45) is 12.3. The molecule has 2 aromatic heterocycles.